The number of aliphatic carboxylic acids is 1. The van der Waals surface area contributed by atoms with Crippen LogP contribution in [-0.2, 0) is 10.2 Å². The highest BCUT2D eigenvalue weighted by Gasteiger charge is 2.48. The summed E-state index contributed by atoms with van der Waals surface area (Å²) in [5, 5.41) is 9.69. The van der Waals surface area contributed by atoms with Crippen LogP contribution < -0.4 is 9.47 Å². The first kappa shape index (κ1) is 14.6. The van der Waals surface area contributed by atoms with Crippen LogP contribution in [0, 0.1) is 0 Å². The Bertz CT molecular complexity index is 533. The summed E-state index contributed by atoms with van der Waals surface area (Å²) in [7, 11) is 1.60. The van der Waals surface area contributed by atoms with Crippen LogP contribution in [0.5, 0.6) is 11.5 Å². The molecular formula is C16H20O4S. The van der Waals surface area contributed by atoms with Crippen molar-refractivity contribution in [3.8, 4) is 11.5 Å². The van der Waals surface area contributed by atoms with Gasteiger partial charge in [-0.2, -0.15) is 11.8 Å². The van der Waals surface area contributed by atoms with E-state index in [2.05, 4.69) is 0 Å². The highest BCUT2D eigenvalue weighted by Crippen LogP contribution is 2.50. The Balaban J connectivity index is 2.00. The average Bonchev–Trinajstić information content (AvgIpc) is 2.91. The van der Waals surface area contributed by atoms with Gasteiger partial charge in [0.05, 0.1) is 12.5 Å². The van der Waals surface area contributed by atoms with E-state index in [4.69, 9.17) is 9.47 Å². The topological polar surface area (TPSA) is 55.8 Å². The third-order valence-electron chi connectivity index (χ3n) is 4.50. The van der Waals surface area contributed by atoms with Gasteiger partial charge in [-0.1, -0.05) is 18.6 Å². The molecule has 0 amide bonds. The van der Waals surface area contributed by atoms with E-state index in [1.54, 1.807) is 7.11 Å². The van der Waals surface area contributed by atoms with Crippen molar-refractivity contribution in [1.82, 2.24) is 0 Å². The minimum Gasteiger partial charge on any atom is -0.493 e. The van der Waals surface area contributed by atoms with Crippen molar-refractivity contribution in [3.63, 3.8) is 0 Å². The van der Waals surface area contributed by atoms with Crippen molar-refractivity contribution in [3.05, 3.63) is 23.8 Å². The molecule has 1 aliphatic carbocycles. The van der Waals surface area contributed by atoms with Gasteiger partial charge in [-0.05, 0) is 31.1 Å². The maximum absolute atomic E-state index is 11.8. The summed E-state index contributed by atoms with van der Waals surface area (Å²) >= 11 is 1.87. The lowest BCUT2D eigenvalue weighted by atomic mass is 9.64. The highest BCUT2D eigenvalue weighted by molar-refractivity contribution is 7.99. The molecule has 1 aliphatic heterocycles. The van der Waals surface area contributed by atoms with E-state index in [0.29, 0.717) is 24.3 Å². The maximum Gasteiger partial charge on any atom is 0.314 e. The van der Waals surface area contributed by atoms with E-state index >= 15 is 0 Å². The van der Waals surface area contributed by atoms with Gasteiger partial charge >= 0.3 is 5.97 Å². The molecule has 0 bridgehead atoms. The summed E-state index contributed by atoms with van der Waals surface area (Å²) in [5.74, 6) is 2.57. The van der Waals surface area contributed by atoms with Gasteiger partial charge in [-0.15, -0.1) is 0 Å². The molecule has 1 aromatic rings. The second kappa shape index (κ2) is 5.79. The van der Waals surface area contributed by atoms with Crippen LogP contribution in [0.15, 0.2) is 18.2 Å². The summed E-state index contributed by atoms with van der Waals surface area (Å²) in [5.41, 5.74) is -0.0205. The summed E-state index contributed by atoms with van der Waals surface area (Å²) in [6, 6.07) is 5.58. The second-order valence-electron chi connectivity index (χ2n) is 5.68. The zero-order valence-electron chi connectivity index (χ0n) is 12.1. The average molecular weight is 308 g/mol. The fraction of sp³-hybridized carbons (Fsp3) is 0.562. The Morgan fingerprint density at radius 3 is 2.76 bits per heavy atom. The van der Waals surface area contributed by atoms with E-state index in [1.807, 2.05) is 30.0 Å². The van der Waals surface area contributed by atoms with Gasteiger partial charge in [0.2, 0.25) is 0 Å². The number of thioether (sulfide) groups is 1. The molecule has 2 aliphatic rings. The molecule has 4 nitrogen and oxygen atoms in total. The largest absolute Gasteiger partial charge is 0.493 e. The van der Waals surface area contributed by atoms with E-state index in [-0.39, 0.29) is 6.10 Å². The van der Waals surface area contributed by atoms with Crippen LogP contribution in [0.25, 0.3) is 0 Å². The number of para-hydroxylation sites is 1. The molecule has 0 radical (unpaired) electrons. The molecule has 0 spiro atoms. The first-order valence-electron chi connectivity index (χ1n) is 7.32. The molecule has 1 atom stereocenters. The molecule has 1 N–H and O–H groups in total. The fourth-order valence-corrected chi connectivity index (χ4v) is 4.17. The van der Waals surface area contributed by atoms with Gasteiger partial charge in [-0.25, -0.2) is 0 Å². The SMILES string of the molecule is COc1cccc(C2(C(=O)O)CCC2)c1OC1CCSC1. The monoisotopic (exact) mass is 308 g/mol. The number of hydrogen-bond acceptors (Lipinski definition) is 4. The van der Waals surface area contributed by atoms with Gasteiger partial charge in [-0.3, -0.25) is 4.79 Å². The Morgan fingerprint density at radius 1 is 1.43 bits per heavy atom. The van der Waals surface area contributed by atoms with Gasteiger partial charge in [0, 0.05) is 11.3 Å². The Kier molecular flexibility index (Phi) is 4.02. The van der Waals surface area contributed by atoms with E-state index in [9.17, 15) is 9.90 Å². The number of hydrogen-bond donors (Lipinski definition) is 1. The lowest BCUT2D eigenvalue weighted by molar-refractivity contribution is -0.147. The molecule has 5 heteroatoms. The first-order chi connectivity index (χ1) is 10.2. The standard InChI is InChI=1S/C16H20O4S/c1-19-13-5-2-4-12(16(15(17)18)7-3-8-16)14(13)20-11-6-9-21-10-11/h2,4-5,11H,3,6-10H2,1H3,(H,17,18). The van der Waals surface area contributed by atoms with Crippen LogP contribution in [0.3, 0.4) is 0 Å². The molecule has 1 aromatic carbocycles. The molecule has 114 valence electrons. The van der Waals surface area contributed by atoms with Gasteiger partial charge in [0.25, 0.3) is 0 Å². The van der Waals surface area contributed by atoms with Crippen molar-refractivity contribution in [2.45, 2.75) is 37.2 Å². The normalized spacial score (nSPS) is 23.4. The van der Waals surface area contributed by atoms with E-state index < -0.39 is 11.4 Å². The van der Waals surface area contributed by atoms with E-state index in [0.717, 1.165) is 29.9 Å². The molecule has 0 aromatic heterocycles. The number of methoxy groups -OCH3 is 1. The van der Waals surface area contributed by atoms with Crippen LogP contribution >= 0.6 is 11.8 Å². The number of benzene rings is 1. The Labute approximate surface area is 128 Å². The number of rotatable bonds is 5. The van der Waals surface area contributed by atoms with Crippen LogP contribution in [0.2, 0.25) is 0 Å². The zero-order valence-corrected chi connectivity index (χ0v) is 12.9. The summed E-state index contributed by atoms with van der Waals surface area (Å²) < 4.78 is 11.6. The molecule has 2 fully saturated rings. The van der Waals surface area contributed by atoms with Crippen molar-refractivity contribution < 1.29 is 19.4 Å². The molecule has 1 saturated heterocycles. The fourth-order valence-electron chi connectivity index (χ4n) is 3.08. The minimum absolute atomic E-state index is 0.149. The maximum atomic E-state index is 11.8. The molecule has 1 saturated carbocycles. The second-order valence-corrected chi connectivity index (χ2v) is 6.83. The number of ether oxygens (including phenoxy) is 2. The van der Waals surface area contributed by atoms with Crippen LogP contribution in [-0.4, -0.2) is 35.8 Å². The predicted octanol–water partition coefficient (Wildman–Crippen LogP) is 3.09. The molecule has 3 rings (SSSR count). The number of carboxylic acid groups (broad SMARTS) is 1. The number of carbonyl (C=O) groups is 1. The van der Waals surface area contributed by atoms with Crippen LogP contribution in [0.1, 0.15) is 31.2 Å². The lowest BCUT2D eigenvalue weighted by Gasteiger charge is -2.39. The quantitative estimate of drug-likeness (QED) is 0.906. The minimum atomic E-state index is -0.796. The van der Waals surface area contributed by atoms with Gasteiger partial charge in [0.15, 0.2) is 11.5 Å². The van der Waals surface area contributed by atoms with E-state index in [1.165, 1.54) is 0 Å². The van der Waals surface area contributed by atoms with Crippen molar-refractivity contribution >= 4 is 17.7 Å². The molecule has 1 heterocycles. The Morgan fingerprint density at radius 2 is 2.24 bits per heavy atom. The van der Waals surface area contributed by atoms with Gasteiger partial charge < -0.3 is 14.6 Å². The Hall–Kier alpha value is -1.36. The summed E-state index contributed by atoms with van der Waals surface area (Å²) in [6.07, 6.45) is 3.44. The smallest absolute Gasteiger partial charge is 0.314 e. The first-order valence-corrected chi connectivity index (χ1v) is 8.48. The predicted molar refractivity (Wildman–Crippen MR) is 82.5 cm³/mol. The van der Waals surface area contributed by atoms with Gasteiger partial charge in [0.1, 0.15) is 6.10 Å². The highest BCUT2D eigenvalue weighted by atomic mass is 32.2. The number of carboxylic acids is 1. The lowest BCUT2D eigenvalue weighted by Crippen LogP contribution is -2.42. The summed E-state index contributed by atoms with van der Waals surface area (Å²) in [6.45, 7) is 0. The van der Waals surface area contributed by atoms with Crippen molar-refractivity contribution in [1.29, 1.82) is 0 Å². The third-order valence-corrected chi connectivity index (χ3v) is 5.64. The molecule has 21 heavy (non-hydrogen) atoms. The molecular weight excluding hydrogens is 288 g/mol. The zero-order chi connectivity index (χ0) is 14.9. The van der Waals surface area contributed by atoms with Crippen molar-refractivity contribution in [2.24, 2.45) is 0 Å². The third kappa shape index (κ3) is 2.48. The van der Waals surface area contributed by atoms with Crippen LogP contribution in [0.4, 0.5) is 0 Å². The van der Waals surface area contributed by atoms with Crippen molar-refractivity contribution in [2.75, 3.05) is 18.6 Å². The summed E-state index contributed by atoms with van der Waals surface area (Å²) in [4.78, 5) is 11.8. The molecule has 1 unspecified atom stereocenters.